The van der Waals surface area contributed by atoms with E-state index in [9.17, 15) is 9.18 Å². The van der Waals surface area contributed by atoms with Crippen molar-refractivity contribution in [3.8, 4) is 5.75 Å². The van der Waals surface area contributed by atoms with E-state index in [1.54, 1.807) is 36.0 Å². The predicted molar refractivity (Wildman–Crippen MR) is 130 cm³/mol. The van der Waals surface area contributed by atoms with Crippen molar-refractivity contribution in [2.75, 3.05) is 23.5 Å². The number of nitrogens with one attached hydrogen (secondary N) is 2. The van der Waals surface area contributed by atoms with Crippen LogP contribution in [-0.4, -0.2) is 13.0 Å². The van der Waals surface area contributed by atoms with Crippen LogP contribution in [0.15, 0.2) is 72.1 Å². The highest BCUT2D eigenvalue weighted by Gasteiger charge is 2.16. The topological polar surface area (TPSA) is 76.4 Å². The number of carbonyl (C=O) groups excluding carboxylic acids is 1. The number of anilines is 3. The number of hydrogen-bond acceptors (Lipinski definition) is 5. The Bertz CT molecular complexity index is 1140. The highest BCUT2D eigenvalue weighted by Crippen LogP contribution is 2.40. The number of ether oxygens (including phenoxy) is 1. The molecule has 0 spiro atoms. The molecule has 5 nitrogen and oxygen atoms in total. The van der Waals surface area contributed by atoms with E-state index in [-0.39, 0.29) is 11.7 Å². The molecule has 1 atom stereocenters. The maximum Gasteiger partial charge on any atom is 0.255 e. The van der Waals surface area contributed by atoms with Crippen molar-refractivity contribution < 1.29 is 13.9 Å². The van der Waals surface area contributed by atoms with E-state index < -0.39 is 5.82 Å². The zero-order chi connectivity index (χ0) is 22.5. The van der Waals surface area contributed by atoms with Gasteiger partial charge in [-0.3, -0.25) is 4.79 Å². The van der Waals surface area contributed by atoms with Gasteiger partial charge in [0.05, 0.1) is 18.5 Å². The molecule has 0 aliphatic carbocycles. The number of nitrogen functional groups attached to an aromatic ring is 1. The maximum atomic E-state index is 13.8. The highest BCUT2D eigenvalue weighted by molar-refractivity contribution is 8.02. The fourth-order valence-corrected chi connectivity index (χ4v) is 4.37. The zero-order valence-corrected chi connectivity index (χ0v) is 18.4. The van der Waals surface area contributed by atoms with E-state index in [4.69, 9.17) is 10.5 Å². The van der Waals surface area contributed by atoms with Crippen LogP contribution in [-0.2, 0) is 6.54 Å². The van der Waals surface area contributed by atoms with E-state index in [0.717, 1.165) is 17.5 Å². The minimum Gasteiger partial charge on any atom is -0.494 e. The fraction of sp³-hybridized carbons (Fsp3) is 0.160. The Labute approximate surface area is 190 Å². The molecule has 7 heteroatoms. The lowest BCUT2D eigenvalue weighted by Gasteiger charge is -2.14. The second-order valence-electron chi connectivity index (χ2n) is 7.43. The fourth-order valence-electron chi connectivity index (χ4n) is 3.43. The Morgan fingerprint density at radius 2 is 1.97 bits per heavy atom. The molecule has 4 rings (SSSR count). The number of amides is 1. The molecule has 4 N–H and O–H groups in total. The number of benzene rings is 3. The minimum absolute atomic E-state index is 0.204. The van der Waals surface area contributed by atoms with Crippen LogP contribution in [0.5, 0.6) is 5.75 Å². The maximum absolute atomic E-state index is 13.8. The van der Waals surface area contributed by atoms with Crippen LogP contribution in [0.25, 0.3) is 0 Å². The summed E-state index contributed by atoms with van der Waals surface area (Å²) in [5.41, 5.74) is 10.5. The molecule has 3 aromatic rings. The predicted octanol–water partition coefficient (Wildman–Crippen LogP) is 5.97. The van der Waals surface area contributed by atoms with Gasteiger partial charge in [0, 0.05) is 29.1 Å². The average Bonchev–Trinajstić information content (AvgIpc) is 3.34. The van der Waals surface area contributed by atoms with Crippen LogP contribution in [0.4, 0.5) is 21.5 Å². The molecule has 1 heterocycles. The molecule has 3 aromatic carbocycles. The molecule has 164 valence electrons. The molecule has 0 bridgehead atoms. The van der Waals surface area contributed by atoms with Gasteiger partial charge in [0.2, 0.25) is 0 Å². The van der Waals surface area contributed by atoms with Crippen molar-refractivity contribution in [2.45, 2.75) is 18.2 Å². The normalized spacial score (nSPS) is 14.9. The van der Waals surface area contributed by atoms with Crippen LogP contribution < -0.4 is 21.1 Å². The SMILES string of the molecule is COc1ccc(NCc2ccc(C(=O)Nc3cc(C4CC=CS4)ccc3N)cc2)cc1F. The third-order valence-electron chi connectivity index (χ3n) is 5.25. The lowest BCUT2D eigenvalue weighted by atomic mass is 10.1. The number of rotatable bonds is 7. The molecule has 1 unspecified atom stereocenters. The lowest BCUT2D eigenvalue weighted by Crippen LogP contribution is -2.13. The van der Waals surface area contributed by atoms with Gasteiger partial charge in [-0.15, -0.1) is 11.8 Å². The van der Waals surface area contributed by atoms with Gasteiger partial charge < -0.3 is 21.1 Å². The molecule has 1 amide bonds. The summed E-state index contributed by atoms with van der Waals surface area (Å²) in [6.45, 7) is 0.496. The minimum atomic E-state index is -0.421. The summed E-state index contributed by atoms with van der Waals surface area (Å²) in [6, 6.07) is 17.8. The van der Waals surface area contributed by atoms with Crippen molar-refractivity contribution in [3.05, 3.63) is 94.7 Å². The summed E-state index contributed by atoms with van der Waals surface area (Å²) < 4.78 is 18.7. The molecule has 0 radical (unpaired) electrons. The molecule has 0 saturated carbocycles. The first-order valence-electron chi connectivity index (χ1n) is 10.2. The van der Waals surface area contributed by atoms with Crippen molar-refractivity contribution in [1.29, 1.82) is 0 Å². The molecule has 0 fully saturated rings. The van der Waals surface area contributed by atoms with E-state index >= 15 is 0 Å². The molecule has 0 saturated heterocycles. The van der Waals surface area contributed by atoms with E-state index in [1.165, 1.54) is 13.2 Å². The van der Waals surface area contributed by atoms with Crippen LogP contribution >= 0.6 is 11.8 Å². The van der Waals surface area contributed by atoms with Crippen LogP contribution in [0, 0.1) is 5.82 Å². The molecule has 1 aliphatic rings. The van der Waals surface area contributed by atoms with Gasteiger partial charge in [-0.05, 0) is 59.4 Å². The number of carbonyl (C=O) groups is 1. The summed E-state index contributed by atoms with van der Waals surface area (Å²) >= 11 is 1.77. The zero-order valence-electron chi connectivity index (χ0n) is 17.6. The summed E-state index contributed by atoms with van der Waals surface area (Å²) in [4.78, 5) is 12.7. The Morgan fingerprint density at radius 1 is 1.16 bits per heavy atom. The van der Waals surface area contributed by atoms with Crippen molar-refractivity contribution in [1.82, 2.24) is 0 Å². The number of thioether (sulfide) groups is 1. The Morgan fingerprint density at radius 3 is 2.66 bits per heavy atom. The first-order chi connectivity index (χ1) is 15.5. The molecular formula is C25H24FN3O2S. The quantitative estimate of drug-likeness (QED) is 0.387. The van der Waals surface area contributed by atoms with Crippen LogP contribution in [0.1, 0.15) is 33.2 Å². The largest absolute Gasteiger partial charge is 0.494 e. The van der Waals surface area contributed by atoms with Crippen LogP contribution in [0.2, 0.25) is 0 Å². The number of hydrogen-bond donors (Lipinski definition) is 3. The van der Waals surface area contributed by atoms with E-state index in [1.807, 2.05) is 30.3 Å². The van der Waals surface area contributed by atoms with Gasteiger partial charge in [0.25, 0.3) is 5.91 Å². The molecule has 0 aromatic heterocycles. The first-order valence-corrected chi connectivity index (χ1v) is 11.2. The second-order valence-corrected chi connectivity index (χ2v) is 8.55. The van der Waals surface area contributed by atoms with Crippen LogP contribution in [0.3, 0.4) is 0 Å². The van der Waals surface area contributed by atoms with Gasteiger partial charge in [0.15, 0.2) is 11.6 Å². The third kappa shape index (κ3) is 5.06. The van der Waals surface area contributed by atoms with E-state index in [2.05, 4.69) is 22.1 Å². The van der Waals surface area contributed by atoms with Crippen molar-refractivity contribution >= 4 is 34.7 Å². The third-order valence-corrected chi connectivity index (χ3v) is 6.39. The highest BCUT2D eigenvalue weighted by atomic mass is 32.2. The second kappa shape index (κ2) is 9.78. The monoisotopic (exact) mass is 449 g/mol. The first kappa shape index (κ1) is 21.8. The van der Waals surface area contributed by atoms with Gasteiger partial charge >= 0.3 is 0 Å². The summed E-state index contributed by atoms with van der Waals surface area (Å²) in [6.07, 6.45) is 3.12. The Kier molecular flexibility index (Phi) is 6.66. The number of allylic oxidation sites excluding steroid dienone is 1. The summed E-state index contributed by atoms with van der Waals surface area (Å²) in [5, 5.41) is 8.54. The number of methoxy groups -OCH3 is 1. The van der Waals surface area contributed by atoms with E-state index in [0.29, 0.717) is 34.4 Å². The average molecular weight is 450 g/mol. The van der Waals surface area contributed by atoms with Gasteiger partial charge in [-0.2, -0.15) is 0 Å². The Balaban J connectivity index is 1.38. The number of nitrogens with two attached hydrogens (primary N) is 1. The molecule has 32 heavy (non-hydrogen) atoms. The van der Waals surface area contributed by atoms with Crippen molar-refractivity contribution in [3.63, 3.8) is 0 Å². The molecule has 1 aliphatic heterocycles. The van der Waals surface area contributed by atoms with Gasteiger partial charge in [0.1, 0.15) is 0 Å². The smallest absolute Gasteiger partial charge is 0.255 e. The van der Waals surface area contributed by atoms with Gasteiger partial charge in [-0.1, -0.05) is 24.3 Å². The molecular weight excluding hydrogens is 425 g/mol. The summed E-state index contributed by atoms with van der Waals surface area (Å²) in [7, 11) is 1.43. The number of halogens is 1. The van der Waals surface area contributed by atoms with Crippen molar-refractivity contribution in [2.24, 2.45) is 0 Å². The summed E-state index contributed by atoms with van der Waals surface area (Å²) in [5.74, 6) is -0.436. The standard InChI is InChI=1S/C25H24FN3O2S/c1-31-23-11-9-19(14-20(23)26)28-15-16-4-6-17(7-5-16)25(30)29-22-13-18(8-10-21(22)27)24-3-2-12-32-24/h2,4-14,24,28H,3,15,27H2,1H3,(H,29,30). The lowest BCUT2D eigenvalue weighted by molar-refractivity contribution is 0.102. The van der Waals surface area contributed by atoms with Gasteiger partial charge in [-0.25, -0.2) is 4.39 Å². The Hall–Kier alpha value is -3.45.